The van der Waals surface area contributed by atoms with Crippen LogP contribution in [0, 0.1) is 13.8 Å². The molecule has 2 N–H and O–H groups in total. The molecule has 0 atom stereocenters. The predicted octanol–water partition coefficient (Wildman–Crippen LogP) is 1.07. The molecule has 70 valence electrons. The fourth-order valence-electron chi connectivity index (χ4n) is 1.05. The summed E-state index contributed by atoms with van der Waals surface area (Å²) in [6, 6.07) is 1.62. The zero-order valence-electron chi connectivity index (χ0n) is 7.92. The average molecular weight is 180 g/mol. The van der Waals surface area contributed by atoms with Crippen LogP contribution in [0.4, 0.5) is 5.69 Å². The molecule has 1 aromatic rings. The molecule has 0 spiro atoms. The van der Waals surface area contributed by atoms with Crippen molar-refractivity contribution >= 4 is 11.7 Å². The quantitative estimate of drug-likeness (QED) is 0.656. The van der Waals surface area contributed by atoms with E-state index in [1.807, 2.05) is 6.92 Å². The van der Waals surface area contributed by atoms with Gasteiger partial charge in [-0.2, -0.15) is 0 Å². The number of aryl methyl sites for hydroxylation is 2. The first-order valence-corrected chi connectivity index (χ1v) is 3.88. The van der Waals surface area contributed by atoms with Gasteiger partial charge in [0.1, 0.15) is 5.69 Å². The molecule has 13 heavy (non-hydrogen) atoms. The van der Waals surface area contributed by atoms with Gasteiger partial charge in [0.15, 0.2) is 0 Å². The molecule has 0 aliphatic carbocycles. The number of hydrogen-bond acceptors (Lipinski definition) is 4. The summed E-state index contributed by atoms with van der Waals surface area (Å²) in [7, 11) is 1.32. The number of methoxy groups -OCH3 is 1. The maximum Gasteiger partial charge on any atom is 0.356 e. The maximum atomic E-state index is 11.1. The Morgan fingerprint density at radius 1 is 1.54 bits per heavy atom. The van der Waals surface area contributed by atoms with Gasteiger partial charge in [0, 0.05) is 0 Å². The van der Waals surface area contributed by atoms with Crippen molar-refractivity contribution in [3.05, 3.63) is 23.0 Å². The Kier molecular flexibility index (Phi) is 2.51. The Hall–Kier alpha value is -1.58. The molecule has 0 aromatic carbocycles. The topological polar surface area (TPSA) is 65.2 Å². The highest BCUT2D eigenvalue weighted by molar-refractivity contribution is 5.88. The summed E-state index contributed by atoms with van der Waals surface area (Å²) >= 11 is 0. The number of nitrogens with zero attached hydrogens (tertiary/aromatic N) is 1. The van der Waals surface area contributed by atoms with Gasteiger partial charge < -0.3 is 10.5 Å². The Morgan fingerprint density at radius 3 is 2.62 bits per heavy atom. The lowest BCUT2D eigenvalue weighted by atomic mass is 10.2. The number of pyridine rings is 1. The van der Waals surface area contributed by atoms with Crippen molar-refractivity contribution in [2.75, 3.05) is 12.8 Å². The van der Waals surface area contributed by atoms with Gasteiger partial charge in [0.05, 0.1) is 18.5 Å². The summed E-state index contributed by atoms with van der Waals surface area (Å²) < 4.78 is 4.54. The second-order valence-electron chi connectivity index (χ2n) is 2.82. The van der Waals surface area contributed by atoms with Crippen LogP contribution in [0.1, 0.15) is 21.7 Å². The van der Waals surface area contributed by atoms with Crippen LogP contribution in [0.15, 0.2) is 6.07 Å². The van der Waals surface area contributed by atoms with E-state index in [0.717, 1.165) is 5.56 Å². The lowest BCUT2D eigenvalue weighted by molar-refractivity contribution is 0.0593. The van der Waals surface area contributed by atoms with Gasteiger partial charge in [-0.1, -0.05) is 0 Å². The third kappa shape index (κ3) is 1.77. The fourth-order valence-corrected chi connectivity index (χ4v) is 1.05. The number of hydrogen-bond donors (Lipinski definition) is 1. The number of ether oxygens (including phenoxy) is 1. The smallest absolute Gasteiger partial charge is 0.356 e. The number of carbonyl (C=O) groups excluding carboxylic acids is 1. The SMILES string of the molecule is COC(=O)c1cc(C)c(N)c(C)n1. The average Bonchev–Trinajstić information content (AvgIpc) is 2.12. The molecule has 0 fully saturated rings. The van der Waals surface area contributed by atoms with Gasteiger partial charge >= 0.3 is 5.97 Å². The van der Waals surface area contributed by atoms with Crippen molar-refractivity contribution in [1.29, 1.82) is 0 Å². The number of nitrogens with two attached hydrogens (primary N) is 1. The van der Waals surface area contributed by atoms with E-state index in [-0.39, 0.29) is 0 Å². The molecule has 4 nitrogen and oxygen atoms in total. The lowest BCUT2D eigenvalue weighted by Crippen LogP contribution is -2.08. The number of carbonyl (C=O) groups is 1. The van der Waals surface area contributed by atoms with Gasteiger partial charge in [-0.05, 0) is 25.5 Å². The Morgan fingerprint density at radius 2 is 2.15 bits per heavy atom. The molecule has 0 radical (unpaired) electrons. The van der Waals surface area contributed by atoms with E-state index in [9.17, 15) is 4.79 Å². The van der Waals surface area contributed by atoms with Gasteiger partial charge in [-0.3, -0.25) is 0 Å². The summed E-state index contributed by atoms with van der Waals surface area (Å²) in [6.45, 7) is 3.59. The van der Waals surface area contributed by atoms with Crippen molar-refractivity contribution in [3.8, 4) is 0 Å². The summed E-state index contributed by atoms with van der Waals surface area (Å²) in [4.78, 5) is 15.1. The number of anilines is 1. The highest BCUT2D eigenvalue weighted by Crippen LogP contribution is 2.15. The van der Waals surface area contributed by atoms with E-state index in [1.54, 1.807) is 13.0 Å². The normalized spacial score (nSPS) is 9.77. The molecule has 0 unspecified atom stereocenters. The molecule has 1 aromatic heterocycles. The largest absolute Gasteiger partial charge is 0.464 e. The lowest BCUT2D eigenvalue weighted by Gasteiger charge is -2.05. The van der Waals surface area contributed by atoms with Crippen LogP contribution in [-0.2, 0) is 4.74 Å². The van der Waals surface area contributed by atoms with Crippen molar-refractivity contribution in [1.82, 2.24) is 4.98 Å². The molecule has 1 rings (SSSR count). The number of esters is 1. The predicted molar refractivity (Wildman–Crippen MR) is 49.5 cm³/mol. The van der Waals surface area contributed by atoms with Gasteiger partial charge in [-0.15, -0.1) is 0 Å². The molecule has 0 aliphatic rings. The first-order chi connectivity index (χ1) is 6.06. The molecule has 4 heteroatoms. The highest BCUT2D eigenvalue weighted by Gasteiger charge is 2.10. The first-order valence-electron chi connectivity index (χ1n) is 3.88. The molecular weight excluding hydrogens is 168 g/mol. The van der Waals surface area contributed by atoms with Gasteiger partial charge in [0.25, 0.3) is 0 Å². The first kappa shape index (κ1) is 9.51. The minimum absolute atomic E-state index is 0.298. The highest BCUT2D eigenvalue weighted by atomic mass is 16.5. The van der Waals surface area contributed by atoms with Crippen molar-refractivity contribution in [3.63, 3.8) is 0 Å². The van der Waals surface area contributed by atoms with E-state index in [2.05, 4.69) is 9.72 Å². The van der Waals surface area contributed by atoms with Crippen molar-refractivity contribution < 1.29 is 9.53 Å². The zero-order valence-corrected chi connectivity index (χ0v) is 7.92. The minimum atomic E-state index is -0.439. The monoisotopic (exact) mass is 180 g/mol. The number of rotatable bonds is 1. The number of aromatic nitrogens is 1. The van der Waals surface area contributed by atoms with E-state index in [0.29, 0.717) is 17.1 Å². The van der Waals surface area contributed by atoms with Crippen LogP contribution in [0.25, 0.3) is 0 Å². The molecule has 0 amide bonds. The van der Waals surface area contributed by atoms with Crippen molar-refractivity contribution in [2.45, 2.75) is 13.8 Å². The molecule has 0 aliphatic heterocycles. The van der Waals surface area contributed by atoms with Crippen LogP contribution in [0.3, 0.4) is 0 Å². The maximum absolute atomic E-state index is 11.1. The summed E-state index contributed by atoms with van der Waals surface area (Å²) in [6.07, 6.45) is 0. The van der Waals surface area contributed by atoms with Crippen LogP contribution >= 0.6 is 0 Å². The second kappa shape index (κ2) is 3.43. The van der Waals surface area contributed by atoms with Gasteiger partial charge in [-0.25, -0.2) is 9.78 Å². The molecule has 1 heterocycles. The third-order valence-corrected chi connectivity index (χ3v) is 1.85. The summed E-state index contributed by atoms with van der Waals surface area (Å²) in [5.74, 6) is -0.439. The second-order valence-corrected chi connectivity index (χ2v) is 2.82. The Bertz CT molecular complexity index is 324. The van der Waals surface area contributed by atoms with E-state index < -0.39 is 5.97 Å². The molecule has 0 bridgehead atoms. The minimum Gasteiger partial charge on any atom is -0.464 e. The number of nitrogen functional groups attached to an aromatic ring is 1. The van der Waals surface area contributed by atoms with Gasteiger partial charge in [0.2, 0.25) is 0 Å². The standard InChI is InChI=1S/C9H12N2O2/c1-5-4-7(9(12)13-3)11-6(2)8(5)10/h4H,10H2,1-3H3. The van der Waals surface area contributed by atoms with E-state index in [1.165, 1.54) is 7.11 Å². The Labute approximate surface area is 76.7 Å². The van der Waals surface area contributed by atoms with E-state index >= 15 is 0 Å². The zero-order chi connectivity index (χ0) is 10.0. The molecule has 0 saturated carbocycles. The van der Waals surface area contributed by atoms with Crippen molar-refractivity contribution in [2.24, 2.45) is 0 Å². The van der Waals surface area contributed by atoms with Crippen LogP contribution in [0.2, 0.25) is 0 Å². The Balaban J connectivity index is 3.20. The van der Waals surface area contributed by atoms with Crippen LogP contribution in [0.5, 0.6) is 0 Å². The van der Waals surface area contributed by atoms with Crippen LogP contribution < -0.4 is 5.73 Å². The third-order valence-electron chi connectivity index (χ3n) is 1.85. The van der Waals surface area contributed by atoms with E-state index in [4.69, 9.17) is 5.73 Å². The summed E-state index contributed by atoms with van der Waals surface area (Å²) in [5, 5.41) is 0. The molecule has 0 saturated heterocycles. The van der Waals surface area contributed by atoms with Crippen LogP contribution in [-0.4, -0.2) is 18.1 Å². The molecular formula is C9H12N2O2. The fraction of sp³-hybridized carbons (Fsp3) is 0.333. The summed E-state index contributed by atoms with van der Waals surface area (Å²) in [5.41, 5.74) is 8.09.